The minimum absolute atomic E-state index is 0.0269. The van der Waals surface area contributed by atoms with Crippen LogP contribution in [0.1, 0.15) is 22.8 Å². The molecule has 92 valence electrons. The van der Waals surface area contributed by atoms with Crippen molar-refractivity contribution in [1.29, 1.82) is 0 Å². The number of nitrogens with two attached hydrogens (primary N) is 1. The largest absolute Gasteiger partial charge is 0.398 e. The van der Waals surface area contributed by atoms with Gasteiger partial charge in [0.1, 0.15) is 0 Å². The zero-order valence-electron chi connectivity index (χ0n) is 10.5. The summed E-state index contributed by atoms with van der Waals surface area (Å²) < 4.78 is 0. The van der Waals surface area contributed by atoms with Crippen molar-refractivity contribution >= 4 is 22.8 Å². The molecular formula is C15H16N2O. The number of nitrogen functional groups attached to an aromatic ring is 1. The first kappa shape index (κ1) is 12.2. The van der Waals surface area contributed by atoms with Gasteiger partial charge in [0.15, 0.2) is 5.78 Å². The number of aryl methyl sites for hydroxylation is 1. The van der Waals surface area contributed by atoms with Crippen LogP contribution in [0.2, 0.25) is 0 Å². The monoisotopic (exact) mass is 240 g/mol. The highest BCUT2D eigenvalue weighted by molar-refractivity contribution is 6.00. The average molecular weight is 240 g/mol. The third kappa shape index (κ3) is 2.51. The van der Waals surface area contributed by atoms with E-state index in [4.69, 9.17) is 5.73 Å². The first-order valence-corrected chi connectivity index (χ1v) is 5.81. The van der Waals surface area contributed by atoms with Crippen molar-refractivity contribution in [2.45, 2.75) is 13.8 Å². The molecule has 0 heterocycles. The van der Waals surface area contributed by atoms with Crippen molar-refractivity contribution in [2.24, 2.45) is 0 Å². The van der Waals surface area contributed by atoms with Crippen molar-refractivity contribution in [1.82, 2.24) is 0 Å². The fraction of sp³-hybridized carbons (Fsp3) is 0.133. The molecule has 3 heteroatoms. The molecule has 18 heavy (non-hydrogen) atoms. The molecule has 3 nitrogen and oxygen atoms in total. The quantitative estimate of drug-likeness (QED) is 0.637. The van der Waals surface area contributed by atoms with Crippen LogP contribution in [-0.4, -0.2) is 5.78 Å². The Balaban J connectivity index is 2.33. The predicted octanol–water partition coefficient (Wildman–Crippen LogP) is 3.52. The summed E-state index contributed by atoms with van der Waals surface area (Å²) in [5, 5.41) is 3.29. The maximum atomic E-state index is 11.4. The Morgan fingerprint density at radius 1 is 1.17 bits per heavy atom. The van der Waals surface area contributed by atoms with Gasteiger partial charge in [0.2, 0.25) is 0 Å². The summed E-state index contributed by atoms with van der Waals surface area (Å²) in [5.41, 5.74) is 9.87. The van der Waals surface area contributed by atoms with E-state index in [1.807, 2.05) is 37.3 Å². The summed E-state index contributed by atoms with van der Waals surface area (Å²) in [6, 6.07) is 13.4. The van der Waals surface area contributed by atoms with Gasteiger partial charge in [-0.1, -0.05) is 18.2 Å². The number of carbonyl (C=O) groups is 1. The Morgan fingerprint density at radius 2 is 1.89 bits per heavy atom. The van der Waals surface area contributed by atoms with Gasteiger partial charge >= 0.3 is 0 Å². The van der Waals surface area contributed by atoms with Crippen LogP contribution in [0.3, 0.4) is 0 Å². The smallest absolute Gasteiger partial charge is 0.161 e. The lowest BCUT2D eigenvalue weighted by Gasteiger charge is -2.11. The van der Waals surface area contributed by atoms with Crippen LogP contribution in [0.4, 0.5) is 17.1 Å². The molecule has 0 aliphatic rings. The SMILES string of the molecule is CC(=O)c1cc(Nc2ccccc2C)ccc1N. The molecule has 0 amide bonds. The molecular weight excluding hydrogens is 224 g/mol. The molecule has 0 fully saturated rings. The second kappa shape index (κ2) is 4.92. The predicted molar refractivity (Wildman–Crippen MR) is 75.3 cm³/mol. The van der Waals surface area contributed by atoms with Crippen molar-refractivity contribution in [3.63, 3.8) is 0 Å². The summed E-state index contributed by atoms with van der Waals surface area (Å²) >= 11 is 0. The molecule has 0 bridgehead atoms. The van der Waals surface area contributed by atoms with Crippen LogP contribution >= 0.6 is 0 Å². The zero-order valence-corrected chi connectivity index (χ0v) is 10.5. The lowest BCUT2D eigenvalue weighted by atomic mass is 10.1. The fourth-order valence-corrected chi connectivity index (χ4v) is 1.81. The molecule has 2 rings (SSSR count). The summed E-state index contributed by atoms with van der Waals surface area (Å²) in [4.78, 5) is 11.4. The van der Waals surface area contributed by atoms with Crippen molar-refractivity contribution in [2.75, 3.05) is 11.1 Å². The van der Waals surface area contributed by atoms with Gasteiger partial charge in [0, 0.05) is 22.6 Å². The lowest BCUT2D eigenvalue weighted by molar-refractivity contribution is 0.101. The first-order chi connectivity index (χ1) is 8.58. The number of para-hydroxylation sites is 1. The van der Waals surface area contributed by atoms with E-state index >= 15 is 0 Å². The number of hydrogen-bond donors (Lipinski definition) is 2. The van der Waals surface area contributed by atoms with E-state index in [-0.39, 0.29) is 5.78 Å². The number of nitrogens with one attached hydrogen (secondary N) is 1. The molecule has 3 N–H and O–H groups in total. The van der Waals surface area contributed by atoms with E-state index in [0.29, 0.717) is 11.3 Å². The molecule has 0 radical (unpaired) electrons. The van der Waals surface area contributed by atoms with E-state index < -0.39 is 0 Å². The summed E-state index contributed by atoms with van der Waals surface area (Å²) in [6.07, 6.45) is 0. The van der Waals surface area contributed by atoms with Crippen LogP contribution in [-0.2, 0) is 0 Å². The Bertz CT molecular complexity index is 591. The number of carbonyl (C=O) groups excluding carboxylic acids is 1. The maximum Gasteiger partial charge on any atom is 0.161 e. The van der Waals surface area contributed by atoms with Gasteiger partial charge in [-0.2, -0.15) is 0 Å². The Labute approximate surface area is 107 Å². The molecule has 2 aromatic rings. The molecule has 0 aliphatic heterocycles. The van der Waals surface area contributed by atoms with Gasteiger partial charge in [-0.3, -0.25) is 4.79 Å². The number of benzene rings is 2. The number of rotatable bonds is 3. The third-order valence-electron chi connectivity index (χ3n) is 2.86. The van der Waals surface area contributed by atoms with Crippen molar-refractivity contribution in [3.8, 4) is 0 Å². The van der Waals surface area contributed by atoms with E-state index in [2.05, 4.69) is 5.32 Å². The first-order valence-electron chi connectivity index (χ1n) is 5.81. The second-order valence-corrected chi connectivity index (χ2v) is 4.30. The maximum absolute atomic E-state index is 11.4. The molecule has 0 spiro atoms. The summed E-state index contributed by atoms with van der Waals surface area (Å²) in [5.74, 6) is -0.0269. The molecule has 0 aromatic heterocycles. The Hall–Kier alpha value is -2.29. The normalized spacial score (nSPS) is 10.1. The van der Waals surface area contributed by atoms with E-state index in [0.717, 1.165) is 16.9 Å². The van der Waals surface area contributed by atoms with Gasteiger partial charge in [-0.15, -0.1) is 0 Å². The topological polar surface area (TPSA) is 55.1 Å². The van der Waals surface area contributed by atoms with Crippen LogP contribution < -0.4 is 11.1 Å². The molecule has 0 unspecified atom stereocenters. The van der Waals surface area contributed by atoms with Crippen LogP contribution in [0, 0.1) is 6.92 Å². The highest BCUT2D eigenvalue weighted by atomic mass is 16.1. The second-order valence-electron chi connectivity index (χ2n) is 4.30. The van der Waals surface area contributed by atoms with E-state index in [1.165, 1.54) is 6.92 Å². The van der Waals surface area contributed by atoms with Gasteiger partial charge in [-0.05, 0) is 43.7 Å². The standard InChI is InChI=1S/C15H16N2O/c1-10-5-3-4-6-15(10)17-12-7-8-14(16)13(9-12)11(2)18/h3-9,17H,16H2,1-2H3. The minimum Gasteiger partial charge on any atom is -0.398 e. The van der Waals surface area contributed by atoms with Gasteiger partial charge < -0.3 is 11.1 Å². The van der Waals surface area contributed by atoms with Gasteiger partial charge in [-0.25, -0.2) is 0 Å². The molecule has 2 aromatic carbocycles. The zero-order chi connectivity index (χ0) is 13.1. The van der Waals surface area contributed by atoms with Crippen molar-refractivity contribution in [3.05, 3.63) is 53.6 Å². The average Bonchev–Trinajstić information content (AvgIpc) is 2.34. The summed E-state index contributed by atoms with van der Waals surface area (Å²) in [6.45, 7) is 3.55. The van der Waals surface area contributed by atoms with Crippen molar-refractivity contribution < 1.29 is 4.79 Å². The fourth-order valence-electron chi connectivity index (χ4n) is 1.81. The highest BCUT2D eigenvalue weighted by Gasteiger charge is 2.06. The lowest BCUT2D eigenvalue weighted by Crippen LogP contribution is -2.01. The number of Topliss-reactive ketones (excluding diaryl/α,β-unsaturated/α-hetero) is 1. The minimum atomic E-state index is -0.0269. The highest BCUT2D eigenvalue weighted by Crippen LogP contribution is 2.23. The number of anilines is 3. The van der Waals surface area contributed by atoms with E-state index in [9.17, 15) is 4.79 Å². The molecule has 0 saturated carbocycles. The van der Waals surface area contributed by atoms with Gasteiger partial charge in [0.25, 0.3) is 0 Å². The number of ketones is 1. The van der Waals surface area contributed by atoms with E-state index in [1.54, 1.807) is 12.1 Å². The third-order valence-corrected chi connectivity index (χ3v) is 2.86. The summed E-state index contributed by atoms with van der Waals surface area (Å²) in [7, 11) is 0. The molecule has 0 atom stereocenters. The van der Waals surface area contributed by atoms with Crippen LogP contribution in [0.15, 0.2) is 42.5 Å². The van der Waals surface area contributed by atoms with Gasteiger partial charge in [0.05, 0.1) is 0 Å². The van der Waals surface area contributed by atoms with Crippen LogP contribution in [0.25, 0.3) is 0 Å². The van der Waals surface area contributed by atoms with Crippen LogP contribution in [0.5, 0.6) is 0 Å². The Morgan fingerprint density at radius 3 is 2.56 bits per heavy atom. The molecule has 0 aliphatic carbocycles. The number of hydrogen-bond acceptors (Lipinski definition) is 3. The molecule has 0 saturated heterocycles. The Kier molecular flexibility index (Phi) is 3.33.